The number of hydrogen-bond acceptors (Lipinski definition) is 6. The summed E-state index contributed by atoms with van der Waals surface area (Å²) in [5.74, 6) is -0.729. The lowest BCUT2D eigenvalue weighted by Gasteiger charge is -2.14. The first-order chi connectivity index (χ1) is 17.9. The minimum atomic E-state index is -0.417. The molecule has 194 valence electrons. The van der Waals surface area contributed by atoms with Gasteiger partial charge in [-0.05, 0) is 82.3 Å². The van der Waals surface area contributed by atoms with E-state index >= 15 is 0 Å². The van der Waals surface area contributed by atoms with Gasteiger partial charge in [-0.3, -0.25) is 9.59 Å². The fourth-order valence-corrected chi connectivity index (χ4v) is 6.48. The van der Waals surface area contributed by atoms with Gasteiger partial charge in [-0.1, -0.05) is 30.2 Å². The van der Waals surface area contributed by atoms with Gasteiger partial charge in [-0.25, -0.2) is 4.79 Å². The summed E-state index contributed by atoms with van der Waals surface area (Å²) < 4.78 is 5.33. The highest BCUT2D eigenvalue weighted by Gasteiger charge is 2.27. The number of anilines is 2. The normalized spacial score (nSPS) is 13.7. The molecule has 1 aliphatic carbocycles. The van der Waals surface area contributed by atoms with Crippen LogP contribution >= 0.6 is 23.1 Å². The van der Waals surface area contributed by atoms with Gasteiger partial charge in [0.15, 0.2) is 0 Å². The Morgan fingerprint density at radius 2 is 1.78 bits per heavy atom. The largest absolute Gasteiger partial charge is 0.462 e. The molecule has 1 aromatic heterocycles. The number of thioether (sulfide) groups is 1. The lowest BCUT2D eigenvalue weighted by Crippen LogP contribution is -2.23. The molecule has 1 aliphatic rings. The zero-order chi connectivity index (χ0) is 26.4. The molecule has 2 N–H and O–H groups in total. The summed E-state index contributed by atoms with van der Waals surface area (Å²) in [6, 6.07) is 14.8. The number of amides is 2. The van der Waals surface area contributed by atoms with E-state index in [0.717, 1.165) is 48.1 Å². The number of carbonyl (C=O) groups excluding carboxylic acids is 3. The maximum absolute atomic E-state index is 13.2. The summed E-state index contributed by atoms with van der Waals surface area (Å²) >= 11 is 2.90. The Hall–Kier alpha value is -3.10. The van der Waals surface area contributed by atoms with Crippen LogP contribution in [0.4, 0.5) is 10.7 Å². The summed E-state index contributed by atoms with van der Waals surface area (Å²) in [5, 5.41) is 6.10. The van der Waals surface area contributed by atoms with Crippen LogP contribution in [-0.4, -0.2) is 29.6 Å². The van der Waals surface area contributed by atoms with Crippen LogP contribution in [0.3, 0.4) is 0 Å². The van der Waals surface area contributed by atoms with Crippen molar-refractivity contribution in [2.24, 2.45) is 0 Å². The number of hydrogen-bond donors (Lipinski definition) is 2. The van der Waals surface area contributed by atoms with Gasteiger partial charge in [0.05, 0.1) is 17.4 Å². The highest BCUT2D eigenvalue weighted by Crippen LogP contribution is 2.38. The number of rotatable bonds is 8. The molecule has 0 aliphatic heterocycles. The molecule has 1 unspecified atom stereocenters. The molecule has 37 heavy (non-hydrogen) atoms. The second-order valence-corrected chi connectivity index (χ2v) is 11.6. The van der Waals surface area contributed by atoms with Gasteiger partial charge in [0.25, 0.3) is 5.91 Å². The molecule has 0 saturated carbocycles. The molecule has 6 nitrogen and oxygen atoms in total. The van der Waals surface area contributed by atoms with Crippen LogP contribution in [0.5, 0.6) is 0 Å². The number of esters is 1. The number of carbonyl (C=O) groups is 3. The van der Waals surface area contributed by atoms with Gasteiger partial charge in [0.2, 0.25) is 5.91 Å². The number of nitrogens with one attached hydrogen (secondary N) is 2. The van der Waals surface area contributed by atoms with Crippen molar-refractivity contribution in [2.75, 3.05) is 17.2 Å². The lowest BCUT2D eigenvalue weighted by molar-refractivity contribution is -0.115. The molecule has 0 radical (unpaired) electrons. The number of fused-ring (bicyclic) bond motifs is 1. The van der Waals surface area contributed by atoms with E-state index in [-0.39, 0.29) is 17.8 Å². The summed E-state index contributed by atoms with van der Waals surface area (Å²) in [7, 11) is 0. The Bertz CT molecular complexity index is 1280. The molecule has 0 spiro atoms. The molecular formula is C29H32N2O4S2. The zero-order valence-electron chi connectivity index (χ0n) is 21.4. The molecule has 0 fully saturated rings. The van der Waals surface area contributed by atoms with E-state index in [2.05, 4.69) is 10.6 Å². The number of benzene rings is 2. The van der Waals surface area contributed by atoms with Gasteiger partial charge in [-0.15, -0.1) is 23.1 Å². The van der Waals surface area contributed by atoms with Crippen LogP contribution in [0.15, 0.2) is 53.4 Å². The predicted octanol–water partition coefficient (Wildman–Crippen LogP) is 6.87. The minimum absolute atomic E-state index is 0.180. The van der Waals surface area contributed by atoms with Crippen molar-refractivity contribution >= 4 is 51.6 Å². The average molecular weight is 537 g/mol. The van der Waals surface area contributed by atoms with E-state index in [4.69, 9.17) is 4.74 Å². The molecule has 1 heterocycles. The van der Waals surface area contributed by atoms with Crippen LogP contribution in [0.1, 0.15) is 69.8 Å². The first-order valence-electron chi connectivity index (χ1n) is 12.6. The Morgan fingerprint density at radius 1 is 1.03 bits per heavy atom. The molecule has 3 aromatic rings. The molecule has 0 saturated heterocycles. The Balaban J connectivity index is 1.44. The van der Waals surface area contributed by atoms with Crippen LogP contribution in [0.25, 0.3) is 0 Å². The highest BCUT2D eigenvalue weighted by atomic mass is 32.2. The van der Waals surface area contributed by atoms with Crippen LogP contribution in [-0.2, 0) is 22.4 Å². The van der Waals surface area contributed by atoms with Crippen molar-refractivity contribution in [1.82, 2.24) is 0 Å². The third-order valence-corrected chi connectivity index (χ3v) is 8.53. The number of thiophene rings is 1. The molecule has 2 amide bonds. The van der Waals surface area contributed by atoms with E-state index in [1.807, 2.05) is 50.2 Å². The summed E-state index contributed by atoms with van der Waals surface area (Å²) in [5.41, 5.74) is 3.90. The van der Waals surface area contributed by atoms with E-state index in [0.29, 0.717) is 28.4 Å². The summed E-state index contributed by atoms with van der Waals surface area (Å²) in [6.45, 7) is 5.89. The summed E-state index contributed by atoms with van der Waals surface area (Å²) in [4.78, 5) is 40.6. The third-order valence-electron chi connectivity index (χ3n) is 6.23. The van der Waals surface area contributed by atoms with E-state index in [9.17, 15) is 14.4 Å². The van der Waals surface area contributed by atoms with Gasteiger partial charge < -0.3 is 15.4 Å². The van der Waals surface area contributed by atoms with Gasteiger partial charge in [0.1, 0.15) is 5.00 Å². The maximum Gasteiger partial charge on any atom is 0.341 e. The van der Waals surface area contributed by atoms with Crippen molar-refractivity contribution in [1.29, 1.82) is 0 Å². The van der Waals surface area contributed by atoms with Crippen molar-refractivity contribution in [3.63, 3.8) is 0 Å². The average Bonchev–Trinajstić information content (AvgIpc) is 3.04. The van der Waals surface area contributed by atoms with E-state index in [1.54, 1.807) is 19.1 Å². The predicted molar refractivity (Wildman–Crippen MR) is 151 cm³/mol. The quantitative estimate of drug-likeness (QED) is 0.186. The molecule has 1 atom stereocenters. The first kappa shape index (κ1) is 26.9. The standard InChI is InChI=1S/C29H32N2O4S2/c1-4-35-29(34)25-23-11-6-5-7-12-24(23)37-28(25)31-26(32)19(3)36-22-10-8-9-21(17-22)30-27(33)20-15-13-18(2)14-16-20/h8-10,13-17,19H,4-7,11-12H2,1-3H3,(H,30,33)(H,31,32). The lowest BCUT2D eigenvalue weighted by atomic mass is 10.1. The highest BCUT2D eigenvalue weighted by molar-refractivity contribution is 8.00. The van der Waals surface area contributed by atoms with Crippen molar-refractivity contribution in [2.45, 2.75) is 63.0 Å². The topological polar surface area (TPSA) is 84.5 Å². The molecule has 4 rings (SSSR count). The minimum Gasteiger partial charge on any atom is -0.462 e. The Labute approximate surface area is 226 Å². The smallest absolute Gasteiger partial charge is 0.341 e. The van der Waals surface area contributed by atoms with Crippen LogP contribution < -0.4 is 10.6 Å². The van der Waals surface area contributed by atoms with E-state index < -0.39 is 5.25 Å². The SMILES string of the molecule is CCOC(=O)c1c(NC(=O)C(C)Sc2cccc(NC(=O)c3ccc(C)cc3)c2)sc2c1CCCCC2. The third kappa shape index (κ3) is 6.81. The van der Waals surface area contributed by atoms with Crippen molar-refractivity contribution < 1.29 is 19.1 Å². The molecular weight excluding hydrogens is 504 g/mol. The van der Waals surface area contributed by atoms with E-state index in [1.165, 1.54) is 28.0 Å². The maximum atomic E-state index is 13.2. The second-order valence-electron chi connectivity index (χ2n) is 9.09. The van der Waals surface area contributed by atoms with Gasteiger partial charge in [0, 0.05) is 21.0 Å². The zero-order valence-corrected chi connectivity index (χ0v) is 23.0. The second kappa shape index (κ2) is 12.4. The van der Waals surface area contributed by atoms with Crippen molar-refractivity contribution in [3.8, 4) is 0 Å². The van der Waals surface area contributed by atoms with Crippen LogP contribution in [0.2, 0.25) is 0 Å². The fraction of sp³-hybridized carbons (Fsp3) is 0.345. The van der Waals surface area contributed by atoms with Gasteiger partial charge >= 0.3 is 5.97 Å². The molecule has 0 bridgehead atoms. The first-order valence-corrected chi connectivity index (χ1v) is 14.3. The Kier molecular flexibility index (Phi) is 9.05. The Morgan fingerprint density at radius 3 is 2.54 bits per heavy atom. The van der Waals surface area contributed by atoms with Crippen molar-refractivity contribution in [3.05, 3.63) is 75.7 Å². The molecule has 2 aromatic carbocycles. The van der Waals surface area contributed by atoms with Gasteiger partial charge in [-0.2, -0.15) is 0 Å². The summed E-state index contributed by atoms with van der Waals surface area (Å²) in [6.07, 6.45) is 5.03. The number of ether oxygens (including phenoxy) is 1. The number of aryl methyl sites for hydroxylation is 2. The monoisotopic (exact) mass is 536 g/mol. The van der Waals surface area contributed by atoms with Crippen LogP contribution in [0, 0.1) is 6.92 Å². The fourth-order valence-electron chi connectivity index (χ4n) is 4.28. The molecule has 8 heteroatoms.